The van der Waals surface area contributed by atoms with Crippen LogP contribution in [0.25, 0.3) is 0 Å². The molecule has 0 amide bonds. The third-order valence-electron chi connectivity index (χ3n) is 4.30. The Morgan fingerprint density at radius 3 is 2.50 bits per heavy atom. The van der Waals surface area contributed by atoms with Crippen molar-refractivity contribution in [2.75, 3.05) is 0 Å². The van der Waals surface area contributed by atoms with Crippen molar-refractivity contribution in [3.05, 3.63) is 70.8 Å². The van der Waals surface area contributed by atoms with Gasteiger partial charge in [0.1, 0.15) is 6.04 Å². The molecule has 0 fully saturated rings. The summed E-state index contributed by atoms with van der Waals surface area (Å²) in [6, 6.07) is 15.2. The molecule has 3 rings (SSSR count). The van der Waals surface area contributed by atoms with Gasteiger partial charge in [-0.25, -0.2) is 0 Å². The minimum Gasteiger partial charge on any atom is -0.480 e. The van der Waals surface area contributed by atoms with E-state index < -0.39 is 12.0 Å². The maximum atomic E-state index is 11.5. The fraction of sp³-hybridized carbons (Fsp3) is 0.316. The number of nitrogens with one attached hydrogen (secondary N) is 1. The van der Waals surface area contributed by atoms with Gasteiger partial charge in [0.25, 0.3) is 0 Å². The number of hydrogen-bond acceptors (Lipinski definition) is 2. The molecule has 114 valence electrons. The van der Waals surface area contributed by atoms with Crippen LogP contribution in [0.5, 0.6) is 0 Å². The molecule has 1 atom stereocenters. The quantitative estimate of drug-likeness (QED) is 0.888. The summed E-state index contributed by atoms with van der Waals surface area (Å²) in [5.74, 6) is -0.843. The van der Waals surface area contributed by atoms with E-state index >= 15 is 0 Å². The average molecular weight is 295 g/mol. The molecule has 0 unspecified atom stereocenters. The molecule has 0 heterocycles. The van der Waals surface area contributed by atoms with Crippen LogP contribution in [-0.4, -0.2) is 11.1 Å². The van der Waals surface area contributed by atoms with Crippen molar-refractivity contribution in [3.63, 3.8) is 0 Å². The zero-order valence-electron chi connectivity index (χ0n) is 12.6. The second-order valence-corrected chi connectivity index (χ2v) is 5.87. The smallest absolute Gasteiger partial charge is 0.325 e. The molecular formula is C19H21NO2. The van der Waals surface area contributed by atoms with Gasteiger partial charge in [0.2, 0.25) is 0 Å². The van der Waals surface area contributed by atoms with Crippen molar-refractivity contribution in [2.24, 2.45) is 0 Å². The van der Waals surface area contributed by atoms with Gasteiger partial charge in [-0.05, 0) is 47.9 Å². The van der Waals surface area contributed by atoms with Gasteiger partial charge in [-0.2, -0.15) is 0 Å². The molecule has 3 nitrogen and oxygen atoms in total. The number of fused-ring (bicyclic) bond motifs is 1. The number of aliphatic carboxylic acids is 1. The maximum absolute atomic E-state index is 11.5. The molecule has 0 saturated carbocycles. The molecule has 0 saturated heterocycles. The second-order valence-electron chi connectivity index (χ2n) is 5.87. The molecule has 0 radical (unpaired) electrons. The molecule has 0 spiro atoms. The first-order valence-corrected chi connectivity index (χ1v) is 7.86. The molecule has 2 aromatic carbocycles. The molecule has 2 N–H and O–H groups in total. The topological polar surface area (TPSA) is 49.3 Å². The monoisotopic (exact) mass is 295 g/mol. The number of aryl methyl sites for hydroxylation is 2. The van der Waals surface area contributed by atoms with Crippen molar-refractivity contribution in [2.45, 2.75) is 38.3 Å². The van der Waals surface area contributed by atoms with E-state index in [1.54, 1.807) is 0 Å². The summed E-state index contributed by atoms with van der Waals surface area (Å²) in [6.45, 7) is 0.569. The molecule has 3 heteroatoms. The van der Waals surface area contributed by atoms with Gasteiger partial charge < -0.3 is 5.11 Å². The molecule has 2 aromatic rings. The summed E-state index contributed by atoms with van der Waals surface area (Å²) < 4.78 is 0. The van der Waals surface area contributed by atoms with E-state index in [2.05, 4.69) is 23.5 Å². The number of carboxylic acid groups (broad SMARTS) is 1. The van der Waals surface area contributed by atoms with Gasteiger partial charge in [-0.3, -0.25) is 10.1 Å². The molecule has 0 aliphatic heterocycles. The lowest BCUT2D eigenvalue weighted by atomic mass is 9.90. The third-order valence-corrected chi connectivity index (χ3v) is 4.30. The van der Waals surface area contributed by atoms with E-state index in [-0.39, 0.29) is 0 Å². The Labute approximate surface area is 131 Å². The second kappa shape index (κ2) is 6.75. The number of hydrogen-bond donors (Lipinski definition) is 2. The standard InChI is InChI=1S/C19H21NO2/c21-19(22)18(16-7-2-1-3-8-16)20-13-14-10-11-15-6-4-5-9-17(15)12-14/h1-3,7-8,10-12,18,20H,4-6,9,13H2,(H,21,22)/t18-/m0/s1. The van der Waals surface area contributed by atoms with E-state index in [1.807, 2.05) is 30.3 Å². The van der Waals surface area contributed by atoms with E-state index in [9.17, 15) is 9.90 Å². The van der Waals surface area contributed by atoms with E-state index in [0.717, 1.165) is 17.5 Å². The molecule has 0 bridgehead atoms. The lowest BCUT2D eigenvalue weighted by Gasteiger charge is -2.18. The van der Waals surface area contributed by atoms with E-state index in [0.29, 0.717) is 6.54 Å². The van der Waals surface area contributed by atoms with Crippen molar-refractivity contribution >= 4 is 5.97 Å². The highest BCUT2D eigenvalue weighted by molar-refractivity contribution is 5.75. The van der Waals surface area contributed by atoms with Crippen molar-refractivity contribution in [1.82, 2.24) is 5.32 Å². The molecule has 0 aromatic heterocycles. The summed E-state index contributed by atoms with van der Waals surface area (Å²) in [5.41, 5.74) is 4.82. The Bertz CT molecular complexity index is 652. The summed E-state index contributed by atoms with van der Waals surface area (Å²) in [5, 5.41) is 12.6. The lowest BCUT2D eigenvalue weighted by Crippen LogP contribution is -2.28. The summed E-state index contributed by atoms with van der Waals surface area (Å²) in [7, 11) is 0. The van der Waals surface area contributed by atoms with Crippen LogP contribution in [0.1, 0.15) is 41.1 Å². The zero-order chi connectivity index (χ0) is 15.4. The number of rotatable bonds is 5. The SMILES string of the molecule is O=C(O)[C@@H](NCc1ccc2c(c1)CCCC2)c1ccccc1. The fourth-order valence-corrected chi connectivity index (χ4v) is 3.11. The predicted molar refractivity (Wildman–Crippen MR) is 86.7 cm³/mol. The third kappa shape index (κ3) is 3.37. The highest BCUT2D eigenvalue weighted by Gasteiger charge is 2.19. The van der Waals surface area contributed by atoms with Gasteiger partial charge in [0.15, 0.2) is 0 Å². The van der Waals surface area contributed by atoms with Crippen LogP contribution in [0.3, 0.4) is 0 Å². The largest absolute Gasteiger partial charge is 0.480 e. The fourth-order valence-electron chi connectivity index (χ4n) is 3.11. The van der Waals surface area contributed by atoms with Crippen molar-refractivity contribution in [3.8, 4) is 0 Å². The normalized spacial score (nSPS) is 15.1. The minimum absolute atomic E-state index is 0.569. The predicted octanol–water partition coefficient (Wildman–Crippen LogP) is 3.48. The number of carboxylic acids is 1. The summed E-state index contributed by atoms with van der Waals surface area (Å²) in [6.07, 6.45) is 4.85. The first-order chi connectivity index (χ1) is 10.7. The van der Waals surface area contributed by atoms with Gasteiger partial charge in [0, 0.05) is 6.54 Å². The van der Waals surface area contributed by atoms with Crippen molar-refractivity contribution in [1.29, 1.82) is 0 Å². The van der Waals surface area contributed by atoms with E-state index in [4.69, 9.17) is 0 Å². The zero-order valence-corrected chi connectivity index (χ0v) is 12.6. The molecule has 22 heavy (non-hydrogen) atoms. The van der Waals surface area contributed by atoms with Crippen molar-refractivity contribution < 1.29 is 9.90 Å². The highest BCUT2D eigenvalue weighted by atomic mass is 16.4. The summed E-state index contributed by atoms with van der Waals surface area (Å²) in [4.78, 5) is 11.5. The molecule has 1 aliphatic rings. The van der Waals surface area contributed by atoms with Crippen LogP contribution in [0.15, 0.2) is 48.5 Å². The number of carbonyl (C=O) groups is 1. The van der Waals surface area contributed by atoms with Gasteiger partial charge >= 0.3 is 5.97 Å². The Balaban J connectivity index is 1.71. The van der Waals surface area contributed by atoms with Crippen LogP contribution in [0.4, 0.5) is 0 Å². The Kier molecular flexibility index (Phi) is 4.54. The van der Waals surface area contributed by atoms with Crippen LogP contribution in [0, 0.1) is 0 Å². The molecule has 1 aliphatic carbocycles. The van der Waals surface area contributed by atoms with E-state index in [1.165, 1.54) is 30.4 Å². The Morgan fingerprint density at radius 1 is 1.05 bits per heavy atom. The molecular weight excluding hydrogens is 274 g/mol. The Morgan fingerprint density at radius 2 is 1.77 bits per heavy atom. The highest BCUT2D eigenvalue weighted by Crippen LogP contribution is 2.22. The van der Waals surface area contributed by atoms with Crippen LogP contribution >= 0.6 is 0 Å². The van der Waals surface area contributed by atoms with Gasteiger partial charge in [-0.15, -0.1) is 0 Å². The number of benzene rings is 2. The first kappa shape index (κ1) is 14.8. The lowest BCUT2D eigenvalue weighted by molar-refractivity contribution is -0.139. The minimum atomic E-state index is -0.843. The Hall–Kier alpha value is -2.13. The van der Waals surface area contributed by atoms with Crippen LogP contribution < -0.4 is 5.32 Å². The first-order valence-electron chi connectivity index (χ1n) is 7.86. The maximum Gasteiger partial charge on any atom is 0.325 e. The summed E-state index contributed by atoms with van der Waals surface area (Å²) >= 11 is 0. The average Bonchev–Trinajstić information content (AvgIpc) is 2.55. The van der Waals surface area contributed by atoms with Crippen LogP contribution in [-0.2, 0) is 24.2 Å². The van der Waals surface area contributed by atoms with Gasteiger partial charge in [0.05, 0.1) is 0 Å². The van der Waals surface area contributed by atoms with Gasteiger partial charge in [-0.1, -0.05) is 48.5 Å². The van der Waals surface area contributed by atoms with Crippen LogP contribution in [0.2, 0.25) is 0 Å².